The Morgan fingerprint density at radius 2 is 1.48 bits per heavy atom. The van der Waals surface area contributed by atoms with Crippen LogP contribution in [0.4, 0.5) is 14.9 Å². The number of alkyl halides is 1. The quantitative estimate of drug-likeness (QED) is 0.0211. The summed E-state index contributed by atoms with van der Waals surface area (Å²) in [4.78, 5) is 104. The lowest BCUT2D eigenvalue weighted by atomic mass is 9.85. The van der Waals surface area contributed by atoms with Crippen LogP contribution in [0.2, 0.25) is 0 Å². The number of halogens is 1. The number of anilines is 1. The number of amides is 7. The van der Waals surface area contributed by atoms with Crippen LogP contribution in [0.1, 0.15) is 123 Å². The zero-order chi connectivity index (χ0) is 70.7. The summed E-state index contributed by atoms with van der Waals surface area (Å²) in [6, 6.07) is 31.1. The number of nitrogens with two attached hydrogens (primary N) is 1. The second-order valence-corrected chi connectivity index (χ2v) is 28.5. The molecule has 1 aromatic heterocycles. The lowest BCUT2D eigenvalue weighted by molar-refractivity contribution is -0.145. The number of aromatic nitrogens is 1. The highest BCUT2D eigenvalue weighted by Crippen LogP contribution is 2.45. The molecule has 0 bridgehead atoms. The fraction of sp³-hybridized carbons (Fsp3) is 0.474. The molecule has 7 N–H and O–H groups in total. The van der Waals surface area contributed by atoms with Crippen LogP contribution in [-0.2, 0) is 84.9 Å². The number of thiazole rings is 1. The van der Waals surface area contributed by atoms with Gasteiger partial charge in [-0.1, -0.05) is 124 Å². The summed E-state index contributed by atoms with van der Waals surface area (Å²) in [5.41, 5.74) is 15.9. The highest BCUT2D eigenvalue weighted by atomic mass is 32.1. The van der Waals surface area contributed by atoms with Crippen molar-refractivity contribution in [1.29, 1.82) is 0 Å². The van der Waals surface area contributed by atoms with Crippen LogP contribution in [0.25, 0.3) is 21.6 Å². The van der Waals surface area contributed by atoms with Gasteiger partial charge in [0.05, 0.1) is 79.7 Å². The number of carbonyl (C=O) groups is 7. The molecular formula is C76H91FN8O14S. The third kappa shape index (κ3) is 17.7. The van der Waals surface area contributed by atoms with E-state index in [1.807, 2.05) is 111 Å². The zero-order valence-corrected chi connectivity index (χ0v) is 58.2. The van der Waals surface area contributed by atoms with Gasteiger partial charge in [0.25, 0.3) is 5.91 Å². The maximum atomic E-state index is 14.7. The van der Waals surface area contributed by atoms with Crippen molar-refractivity contribution < 1.29 is 71.5 Å². The Hall–Kier alpha value is -8.65. The van der Waals surface area contributed by atoms with Crippen LogP contribution in [0.5, 0.6) is 5.75 Å². The molecule has 2 fully saturated rings. The first kappa shape index (κ1) is 72.6. The lowest BCUT2D eigenvalue weighted by Crippen LogP contribution is -2.59. The van der Waals surface area contributed by atoms with E-state index in [0.717, 1.165) is 73.5 Å². The predicted molar refractivity (Wildman–Crippen MR) is 374 cm³/mol. The SMILES string of the molecule is Cc1ncsc1-c1ccc(CNC(=O)[C@@H]2C[C@@H](O)CN2C(=O)[C@@H](NC(=O)C2(F)CC2)C(C)(C)C)c(OCCOCCOCCOCCCc2ccc(CO[C@H](C)[C@H](CCC(N)=O)NC(=O)[C@@H]3Cc4cccc5c4N3C(=O)[C@@H](NC(=O)OCC3c4ccccc4-c4ccccc43)CC5)cc2)c1. The van der Waals surface area contributed by atoms with Gasteiger partial charge in [0.1, 0.15) is 43.1 Å². The fourth-order valence-electron chi connectivity index (χ4n) is 13.6. The van der Waals surface area contributed by atoms with Crippen LogP contribution in [-0.4, -0.2) is 164 Å². The molecule has 0 spiro atoms. The maximum absolute atomic E-state index is 14.7. The smallest absolute Gasteiger partial charge is 0.407 e. The largest absolute Gasteiger partial charge is 0.491 e. The minimum absolute atomic E-state index is 0.000480. The summed E-state index contributed by atoms with van der Waals surface area (Å²) in [5.74, 6) is -2.86. The van der Waals surface area contributed by atoms with Crippen LogP contribution in [0.15, 0.2) is 115 Å². The van der Waals surface area contributed by atoms with Gasteiger partial charge in [0, 0.05) is 50.4 Å². The Kier molecular flexibility index (Phi) is 23.8. The van der Waals surface area contributed by atoms with Gasteiger partial charge in [-0.05, 0) is 120 Å². The first-order valence-corrected chi connectivity index (χ1v) is 35.5. The molecule has 0 unspecified atom stereocenters. The van der Waals surface area contributed by atoms with Gasteiger partial charge in [-0.15, -0.1) is 11.3 Å². The lowest BCUT2D eigenvalue weighted by Gasteiger charge is -2.35. The second-order valence-electron chi connectivity index (χ2n) is 27.6. The fourth-order valence-corrected chi connectivity index (χ4v) is 14.4. The van der Waals surface area contributed by atoms with E-state index in [1.54, 1.807) is 26.3 Å². The van der Waals surface area contributed by atoms with Crippen LogP contribution >= 0.6 is 11.3 Å². The summed E-state index contributed by atoms with van der Waals surface area (Å²) in [6.45, 7) is 11.8. The number of primary amides is 1. The number of nitrogens with one attached hydrogen (secondary N) is 4. The summed E-state index contributed by atoms with van der Waals surface area (Å²) < 4.78 is 50.6. The number of fused-ring (bicyclic) bond motifs is 3. The van der Waals surface area contributed by atoms with Gasteiger partial charge < -0.3 is 65.4 Å². The summed E-state index contributed by atoms with van der Waals surface area (Å²) >= 11 is 1.50. The molecule has 7 amide bonds. The van der Waals surface area contributed by atoms with E-state index in [2.05, 4.69) is 38.4 Å². The zero-order valence-electron chi connectivity index (χ0n) is 57.4. The molecule has 4 heterocycles. The number of alkyl carbamates (subject to hydrolysis) is 1. The Bertz CT molecular complexity index is 3870. The Balaban J connectivity index is 0.578. The third-order valence-electron chi connectivity index (χ3n) is 19.3. The Morgan fingerprint density at radius 1 is 0.810 bits per heavy atom. The van der Waals surface area contributed by atoms with Crippen LogP contribution < -0.4 is 36.6 Å². The number of benzene rings is 5. The van der Waals surface area contributed by atoms with E-state index >= 15 is 0 Å². The number of aliphatic hydroxyl groups is 1. The van der Waals surface area contributed by atoms with Gasteiger partial charge in [-0.2, -0.15) is 0 Å². The summed E-state index contributed by atoms with van der Waals surface area (Å²) in [6.07, 6.45) is 0.838. The highest BCUT2D eigenvalue weighted by Gasteiger charge is 2.54. The number of hydrogen-bond acceptors (Lipinski definition) is 16. The van der Waals surface area contributed by atoms with Crippen molar-refractivity contribution in [2.24, 2.45) is 11.1 Å². The number of aliphatic hydroxyl groups excluding tert-OH is 1. The number of hydrogen-bond donors (Lipinski definition) is 6. The molecular weight excluding hydrogens is 1300 g/mol. The maximum Gasteiger partial charge on any atom is 0.407 e. The molecule has 1 saturated carbocycles. The Labute approximate surface area is 586 Å². The van der Waals surface area contributed by atoms with E-state index in [-0.39, 0.29) is 84.0 Å². The average Bonchev–Trinajstić information content (AvgIpc) is 1.61. The van der Waals surface area contributed by atoms with Gasteiger partial charge in [-0.25, -0.2) is 14.2 Å². The molecule has 6 aromatic rings. The number of likely N-dealkylation sites (tertiary alicyclic amines) is 1. The van der Waals surface area contributed by atoms with Crippen molar-refractivity contribution in [1.82, 2.24) is 31.2 Å². The third-order valence-corrected chi connectivity index (χ3v) is 20.3. The second kappa shape index (κ2) is 32.8. The van der Waals surface area contributed by atoms with Crippen LogP contribution in [0, 0.1) is 12.3 Å². The van der Waals surface area contributed by atoms with Crippen molar-refractivity contribution in [2.45, 2.75) is 166 Å². The molecule has 100 heavy (non-hydrogen) atoms. The number of ether oxygens (including phenoxy) is 6. The first-order valence-electron chi connectivity index (χ1n) is 34.6. The standard InChI is InChI=1S/C76H91FN8O14S/c1-46-67(100-45-80-46)52-23-24-53(41-79-69(88)62-40-54(86)42-84(62)72(91)68(75(3,4)5)83-73(92)76(77)29-30-76)64(39-52)97-37-36-96-35-34-95-33-32-94-31-11-12-48-19-21-49(22-20-48)43-98-47(2)60(27-28-65(78)87)81-70(89)63-38-51-14-10-13-50-25-26-61(71(90)85(63)66(50)51)82-74(93)99-44-59-57-17-8-6-15-55(57)56-16-7-9-18-58(56)59/h6-10,13-24,39,45,47,54,59-63,68,86H,11-12,25-38,40-44H2,1-5H3,(H2,78,87)(H,79,88)(H,81,89)(H,82,93)(H,83,92)/t47-,54-,60+,61+,62+,63+,68-/m1/s1. The molecule has 532 valence electrons. The normalized spacial score (nSPS) is 19.0. The molecule has 24 heteroatoms. The topological polar surface area (TPSA) is 289 Å². The number of para-hydroxylation sites is 1. The number of rotatable bonds is 33. The molecule has 1 saturated heterocycles. The summed E-state index contributed by atoms with van der Waals surface area (Å²) in [7, 11) is 0. The molecule has 7 atom stereocenters. The van der Waals surface area contributed by atoms with Gasteiger partial charge >= 0.3 is 6.09 Å². The molecule has 5 aliphatic rings. The predicted octanol–water partition coefficient (Wildman–Crippen LogP) is 8.26. The molecule has 2 aliphatic carbocycles. The molecule has 3 aliphatic heterocycles. The van der Waals surface area contributed by atoms with E-state index in [9.17, 15) is 43.1 Å². The highest BCUT2D eigenvalue weighted by molar-refractivity contribution is 7.13. The first-order chi connectivity index (χ1) is 48.1. The molecule has 11 rings (SSSR count). The number of β-amino-alcohol motifs (C(OH)–C–C–N with tert-alkyl or cyclic N) is 1. The Morgan fingerprint density at radius 3 is 2.15 bits per heavy atom. The van der Waals surface area contributed by atoms with E-state index in [1.165, 1.54) is 21.1 Å². The molecule has 5 aromatic carbocycles. The minimum Gasteiger partial charge on any atom is -0.491 e. The number of nitrogens with zero attached hydrogens (tertiary/aromatic N) is 3. The van der Waals surface area contributed by atoms with E-state index in [0.29, 0.717) is 62.9 Å². The van der Waals surface area contributed by atoms with Crippen LogP contribution in [0.3, 0.4) is 0 Å². The van der Waals surface area contributed by atoms with Crippen molar-refractivity contribution in [3.05, 3.63) is 159 Å². The van der Waals surface area contributed by atoms with Gasteiger partial charge in [0.15, 0.2) is 5.67 Å². The van der Waals surface area contributed by atoms with Crippen molar-refractivity contribution in [3.63, 3.8) is 0 Å². The number of carbonyl (C=O) groups excluding carboxylic acids is 7. The minimum atomic E-state index is -1.99. The monoisotopic (exact) mass is 1390 g/mol. The van der Waals surface area contributed by atoms with Crippen molar-refractivity contribution >= 4 is 58.6 Å². The molecule has 0 radical (unpaired) electrons. The number of aryl methyl sites for hydroxylation is 3. The molecule has 22 nitrogen and oxygen atoms in total. The van der Waals surface area contributed by atoms with Gasteiger partial charge in [0.2, 0.25) is 29.5 Å². The van der Waals surface area contributed by atoms with E-state index in [4.69, 9.17) is 34.2 Å². The van der Waals surface area contributed by atoms with Gasteiger partial charge in [-0.3, -0.25) is 33.7 Å². The van der Waals surface area contributed by atoms with E-state index < -0.39 is 95.0 Å². The summed E-state index contributed by atoms with van der Waals surface area (Å²) in [5, 5.41) is 22.2. The van der Waals surface area contributed by atoms with Crippen molar-refractivity contribution in [3.8, 4) is 27.3 Å². The van der Waals surface area contributed by atoms with Crippen molar-refractivity contribution in [2.75, 3.05) is 64.3 Å². The average molecular weight is 1390 g/mol.